The second-order valence-electron chi connectivity index (χ2n) is 2.58. The highest BCUT2D eigenvalue weighted by Crippen LogP contribution is 2.13. The molecule has 0 aliphatic heterocycles. The highest BCUT2D eigenvalue weighted by molar-refractivity contribution is 6.23. The van der Waals surface area contributed by atoms with Gasteiger partial charge in [-0.15, -0.1) is 0 Å². The first-order chi connectivity index (χ1) is 7.65. The maximum atomic E-state index is 8.49. The summed E-state index contributed by atoms with van der Waals surface area (Å²) in [7, 11) is 0. The molecule has 0 atom stereocenters. The van der Waals surface area contributed by atoms with Crippen molar-refractivity contribution in [3.63, 3.8) is 0 Å². The van der Waals surface area contributed by atoms with Crippen LogP contribution < -0.4 is 0 Å². The smallest absolute Gasteiger partial charge is 0.173 e. The fraction of sp³-hybridized carbons (Fsp3) is 0.200. The summed E-state index contributed by atoms with van der Waals surface area (Å²) in [5.74, 6) is 0. The third kappa shape index (κ3) is 1.94. The molecule has 0 aromatic rings. The van der Waals surface area contributed by atoms with E-state index in [-0.39, 0.29) is 18.7 Å². The summed E-state index contributed by atoms with van der Waals surface area (Å²) in [6.45, 7) is 1.52. The minimum atomic E-state index is -0.110. The van der Waals surface area contributed by atoms with Gasteiger partial charge < -0.3 is 0 Å². The first-order valence-electron chi connectivity index (χ1n) is 4.98. The van der Waals surface area contributed by atoms with Crippen molar-refractivity contribution in [2.45, 2.75) is 13.8 Å². The van der Waals surface area contributed by atoms with E-state index in [4.69, 9.17) is 13.3 Å². The lowest BCUT2D eigenvalue weighted by Crippen LogP contribution is -2.10. The molecule has 0 N–H and O–H groups in total. The second-order valence-corrected chi connectivity index (χ2v) is 2.58. The minimum Gasteiger partial charge on any atom is -0.173 e. The third-order valence-corrected chi connectivity index (χ3v) is 1.64. The van der Waals surface area contributed by atoms with Crippen molar-refractivity contribution in [1.82, 2.24) is 0 Å². The molecule has 0 radical (unpaired) electrons. The van der Waals surface area contributed by atoms with E-state index in [0.717, 1.165) is 0 Å². The maximum Gasteiger partial charge on any atom is 0.206 e. The summed E-state index contributed by atoms with van der Waals surface area (Å²) in [6.07, 6.45) is 4.76. The number of allylic oxidation sites excluding steroid dienone is 4. The van der Waals surface area contributed by atoms with Crippen LogP contribution in [0.4, 0.5) is 0 Å². The van der Waals surface area contributed by atoms with Gasteiger partial charge in [-0.1, -0.05) is 0 Å². The van der Waals surface area contributed by atoms with E-state index in [1.54, 1.807) is 19.3 Å². The zero-order valence-electron chi connectivity index (χ0n) is 9.57. The molecule has 0 spiro atoms. The second kappa shape index (κ2) is 4.15. The van der Waals surface area contributed by atoms with Crippen LogP contribution in [0.15, 0.2) is 33.3 Å². The molecule has 1 aliphatic rings. The van der Waals surface area contributed by atoms with Crippen molar-refractivity contribution < 1.29 is 2.74 Å². The van der Waals surface area contributed by atoms with Crippen LogP contribution in [0.25, 0.3) is 0 Å². The average Bonchev–Trinajstić information content (AvgIpc) is 2.29. The standard InChI is InChI=1S/C10H8N4/c1-7-3-10(14-6-12)8(2)4-9(7)13-5-11/h3-4H,1-2H3/i1D,4D. The van der Waals surface area contributed by atoms with Gasteiger partial charge in [-0.3, -0.25) is 0 Å². The van der Waals surface area contributed by atoms with Gasteiger partial charge >= 0.3 is 0 Å². The Labute approximate surface area is 85.0 Å². The Balaban J connectivity index is 3.38. The molecular weight excluding hydrogens is 176 g/mol. The van der Waals surface area contributed by atoms with E-state index in [1.807, 2.05) is 0 Å². The average molecular weight is 186 g/mol. The molecule has 0 aromatic heterocycles. The fourth-order valence-electron chi connectivity index (χ4n) is 0.983. The molecule has 0 saturated heterocycles. The van der Waals surface area contributed by atoms with Crippen LogP contribution in [0.3, 0.4) is 0 Å². The summed E-state index contributed by atoms with van der Waals surface area (Å²) >= 11 is 0. The van der Waals surface area contributed by atoms with Gasteiger partial charge in [0, 0.05) is 1.37 Å². The lowest BCUT2D eigenvalue weighted by molar-refractivity contribution is 1.39. The van der Waals surface area contributed by atoms with Gasteiger partial charge in [0.25, 0.3) is 0 Å². The predicted molar refractivity (Wildman–Crippen MR) is 53.6 cm³/mol. The van der Waals surface area contributed by atoms with Gasteiger partial charge in [0.2, 0.25) is 12.4 Å². The molecule has 0 heterocycles. The van der Waals surface area contributed by atoms with Crippen molar-refractivity contribution in [3.8, 4) is 12.4 Å². The Morgan fingerprint density at radius 1 is 1.29 bits per heavy atom. The van der Waals surface area contributed by atoms with Gasteiger partial charge in [0.1, 0.15) is 0 Å². The first-order valence-corrected chi connectivity index (χ1v) is 3.77. The largest absolute Gasteiger partial charge is 0.206 e. The Morgan fingerprint density at radius 3 is 2.50 bits per heavy atom. The predicted octanol–water partition coefficient (Wildman–Crippen LogP) is 1.74. The Hall–Kier alpha value is -2.20. The molecule has 0 saturated carbocycles. The number of hydrogen-bond acceptors (Lipinski definition) is 4. The zero-order valence-corrected chi connectivity index (χ0v) is 7.57. The summed E-state index contributed by atoms with van der Waals surface area (Å²) in [5.41, 5.74) is 1.44. The molecule has 68 valence electrons. The fourth-order valence-corrected chi connectivity index (χ4v) is 0.983. The van der Waals surface area contributed by atoms with Crippen molar-refractivity contribution in [1.29, 1.82) is 10.5 Å². The number of aliphatic imine (C=N–C) groups is 2. The molecule has 4 heteroatoms. The van der Waals surface area contributed by atoms with Crippen LogP contribution >= 0.6 is 0 Å². The molecule has 4 nitrogen and oxygen atoms in total. The van der Waals surface area contributed by atoms with Crippen LogP contribution in [0, 0.1) is 22.9 Å². The number of nitriles is 2. The minimum absolute atomic E-state index is 0.0419. The van der Waals surface area contributed by atoms with Crippen LogP contribution in [-0.2, 0) is 0 Å². The highest BCUT2D eigenvalue weighted by Gasteiger charge is 2.10. The zero-order chi connectivity index (χ0) is 12.1. The van der Waals surface area contributed by atoms with Crippen LogP contribution in [0.2, 0.25) is 0 Å². The molecule has 1 aliphatic carbocycles. The molecular formula is C10H8N4. The Morgan fingerprint density at radius 2 is 1.93 bits per heavy atom. The van der Waals surface area contributed by atoms with E-state index in [1.165, 1.54) is 6.08 Å². The topological polar surface area (TPSA) is 72.3 Å². The monoisotopic (exact) mass is 186 g/mol. The van der Waals surface area contributed by atoms with Gasteiger partial charge in [-0.25, -0.2) is 0 Å². The Kier molecular flexibility index (Phi) is 2.14. The van der Waals surface area contributed by atoms with Crippen LogP contribution in [0.1, 0.15) is 16.6 Å². The van der Waals surface area contributed by atoms with Crippen molar-refractivity contribution in [3.05, 3.63) is 23.3 Å². The molecule has 0 unspecified atom stereocenters. The molecule has 0 amide bonds. The van der Waals surface area contributed by atoms with Crippen molar-refractivity contribution in [2.24, 2.45) is 9.98 Å². The number of hydrogen-bond donors (Lipinski definition) is 0. The van der Waals surface area contributed by atoms with Gasteiger partial charge in [0.05, 0.1) is 12.8 Å². The van der Waals surface area contributed by atoms with Gasteiger partial charge in [0.15, 0.2) is 0 Å². The van der Waals surface area contributed by atoms with E-state index in [2.05, 4.69) is 9.98 Å². The van der Waals surface area contributed by atoms with E-state index < -0.39 is 0 Å². The molecule has 1 rings (SSSR count). The normalized spacial score (nSPS) is 23.8. The van der Waals surface area contributed by atoms with Gasteiger partial charge in [-0.2, -0.15) is 20.5 Å². The first kappa shape index (κ1) is 7.23. The van der Waals surface area contributed by atoms with Gasteiger partial charge in [-0.05, 0) is 37.1 Å². The summed E-state index contributed by atoms with van der Waals surface area (Å²) in [6, 6.07) is 0.0419. The molecule has 14 heavy (non-hydrogen) atoms. The lowest BCUT2D eigenvalue weighted by atomic mass is 9.98. The summed E-state index contributed by atoms with van der Waals surface area (Å²) in [4.78, 5) is 7.07. The molecule has 0 bridgehead atoms. The quantitative estimate of drug-likeness (QED) is 0.427. The van der Waals surface area contributed by atoms with Crippen molar-refractivity contribution >= 4 is 11.4 Å². The third-order valence-electron chi connectivity index (χ3n) is 1.64. The highest BCUT2D eigenvalue weighted by atomic mass is 14.8. The van der Waals surface area contributed by atoms with E-state index in [9.17, 15) is 0 Å². The SMILES string of the molecule is [2H]CC1=CC(=NC#N)C(C)=C([2H])C1=NC#N. The molecule has 0 fully saturated rings. The summed E-state index contributed by atoms with van der Waals surface area (Å²) < 4.78 is 15.0. The van der Waals surface area contributed by atoms with E-state index in [0.29, 0.717) is 16.9 Å². The van der Waals surface area contributed by atoms with Crippen LogP contribution in [0.5, 0.6) is 0 Å². The number of rotatable bonds is 0. The van der Waals surface area contributed by atoms with Crippen LogP contribution in [-0.4, -0.2) is 11.4 Å². The van der Waals surface area contributed by atoms with Crippen molar-refractivity contribution in [2.75, 3.05) is 0 Å². The summed E-state index contributed by atoms with van der Waals surface area (Å²) in [5, 5.41) is 17.0. The van der Waals surface area contributed by atoms with E-state index >= 15 is 0 Å². The Bertz CT molecular complexity index is 512. The maximum absolute atomic E-state index is 8.49. The number of nitrogens with zero attached hydrogens (tertiary/aromatic N) is 4. The molecule has 0 aromatic carbocycles. The lowest BCUT2D eigenvalue weighted by Gasteiger charge is -2.09.